The van der Waals surface area contributed by atoms with Gasteiger partial charge in [-0.15, -0.1) is 11.3 Å². The van der Waals surface area contributed by atoms with Gasteiger partial charge in [0.25, 0.3) is 0 Å². The smallest absolute Gasteiger partial charge is 0.215 e. The number of amides is 1. The van der Waals surface area contributed by atoms with Crippen molar-refractivity contribution in [3.05, 3.63) is 45.5 Å². The second-order valence-electron chi connectivity index (χ2n) is 8.76. The van der Waals surface area contributed by atoms with E-state index in [9.17, 15) is 4.79 Å². The SMILES string of the molecule is CC.COc1ccc(CN(C=O)C=Nc2c(C)sc3nc4c(c(CBr)c23)COC(C)(C)C4)c(OC)c1. The number of carbonyl (C=O) groups excluding carboxylic acids is 1. The van der Waals surface area contributed by atoms with Crippen LogP contribution in [-0.4, -0.2) is 42.5 Å². The summed E-state index contributed by atoms with van der Waals surface area (Å²) in [6.45, 7) is 11.1. The highest BCUT2D eigenvalue weighted by molar-refractivity contribution is 9.08. The van der Waals surface area contributed by atoms with Crippen molar-refractivity contribution in [3.63, 3.8) is 0 Å². The number of methoxy groups -OCH3 is 2. The number of aromatic nitrogens is 1. The number of fused-ring (bicyclic) bond motifs is 2. The van der Waals surface area contributed by atoms with Gasteiger partial charge in [-0.2, -0.15) is 0 Å². The Morgan fingerprint density at radius 2 is 2.03 bits per heavy atom. The second-order valence-corrected chi connectivity index (χ2v) is 10.5. The minimum absolute atomic E-state index is 0.225. The summed E-state index contributed by atoms with van der Waals surface area (Å²) >= 11 is 5.30. The topological polar surface area (TPSA) is 73.2 Å². The van der Waals surface area contributed by atoms with Crippen LogP contribution in [0.25, 0.3) is 10.2 Å². The fourth-order valence-corrected chi connectivity index (χ4v) is 5.78. The van der Waals surface area contributed by atoms with Crippen molar-refractivity contribution in [2.45, 2.75) is 65.1 Å². The lowest BCUT2D eigenvalue weighted by atomic mass is 9.92. The highest BCUT2D eigenvalue weighted by Gasteiger charge is 2.30. The van der Waals surface area contributed by atoms with Crippen molar-refractivity contribution in [1.82, 2.24) is 9.88 Å². The summed E-state index contributed by atoms with van der Waals surface area (Å²) in [6, 6.07) is 5.52. The molecule has 0 spiro atoms. The van der Waals surface area contributed by atoms with Crippen molar-refractivity contribution in [2.24, 2.45) is 4.99 Å². The molecule has 0 N–H and O–H groups in total. The Morgan fingerprint density at radius 3 is 2.67 bits per heavy atom. The molecule has 0 fully saturated rings. The van der Waals surface area contributed by atoms with Crippen molar-refractivity contribution in [2.75, 3.05) is 14.2 Å². The molecule has 194 valence electrons. The van der Waals surface area contributed by atoms with Crippen LogP contribution in [0.2, 0.25) is 0 Å². The Labute approximate surface area is 225 Å². The lowest BCUT2D eigenvalue weighted by Crippen LogP contribution is -2.33. The number of pyridine rings is 1. The van der Waals surface area contributed by atoms with Gasteiger partial charge in [0.1, 0.15) is 16.3 Å². The Kier molecular flexibility index (Phi) is 9.49. The van der Waals surface area contributed by atoms with E-state index in [4.69, 9.17) is 24.2 Å². The molecule has 4 rings (SSSR count). The molecule has 1 amide bonds. The van der Waals surface area contributed by atoms with E-state index in [0.29, 0.717) is 30.0 Å². The zero-order valence-electron chi connectivity index (χ0n) is 22.0. The third kappa shape index (κ3) is 5.90. The number of alkyl halides is 1. The Bertz CT molecular complexity index is 1260. The average Bonchev–Trinajstić information content (AvgIpc) is 3.19. The Balaban J connectivity index is 0.00000176. The molecule has 0 saturated heterocycles. The van der Waals surface area contributed by atoms with Gasteiger partial charge in [-0.3, -0.25) is 4.79 Å². The number of benzene rings is 1. The molecule has 1 aliphatic rings. The summed E-state index contributed by atoms with van der Waals surface area (Å²) in [6.07, 6.45) is 3.11. The maximum absolute atomic E-state index is 11.9. The predicted molar refractivity (Wildman–Crippen MR) is 150 cm³/mol. The summed E-state index contributed by atoms with van der Waals surface area (Å²) in [5.74, 6) is 1.34. The molecule has 1 aliphatic heterocycles. The van der Waals surface area contributed by atoms with E-state index in [-0.39, 0.29) is 5.60 Å². The monoisotopic (exact) mass is 575 g/mol. The molecular weight excluding hydrogens is 542 g/mol. The molecule has 0 unspecified atom stereocenters. The molecule has 0 saturated carbocycles. The van der Waals surface area contributed by atoms with Gasteiger partial charge < -0.3 is 19.1 Å². The van der Waals surface area contributed by atoms with Crippen LogP contribution in [0, 0.1) is 6.92 Å². The zero-order chi connectivity index (χ0) is 26.5. The summed E-state index contributed by atoms with van der Waals surface area (Å²) in [5, 5.41) is 1.70. The molecule has 2 aromatic heterocycles. The van der Waals surface area contributed by atoms with Gasteiger partial charge >= 0.3 is 0 Å². The number of aryl methyl sites for hydroxylation is 1. The number of hydrogen-bond donors (Lipinski definition) is 0. The van der Waals surface area contributed by atoms with Crippen LogP contribution < -0.4 is 9.47 Å². The first-order chi connectivity index (χ1) is 17.3. The van der Waals surface area contributed by atoms with Crippen LogP contribution in [-0.2, 0) is 34.4 Å². The first-order valence-corrected chi connectivity index (χ1v) is 13.8. The number of carbonyl (C=O) groups is 1. The van der Waals surface area contributed by atoms with Gasteiger partial charge in [0, 0.05) is 39.2 Å². The zero-order valence-corrected chi connectivity index (χ0v) is 24.4. The van der Waals surface area contributed by atoms with Crippen LogP contribution in [0.15, 0.2) is 23.2 Å². The molecule has 9 heteroatoms. The Hall–Kier alpha value is -2.49. The first kappa shape index (κ1) is 28.1. The predicted octanol–water partition coefficient (Wildman–Crippen LogP) is 6.71. The van der Waals surface area contributed by atoms with Gasteiger partial charge in [0.15, 0.2) is 0 Å². The van der Waals surface area contributed by atoms with Crippen LogP contribution in [0.4, 0.5) is 5.69 Å². The third-order valence-corrected chi connectivity index (χ3v) is 7.49. The van der Waals surface area contributed by atoms with Crippen molar-refractivity contribution in [1.29, 1.82) is 0 Å². The summed E-state index contributed by atoms with van der Waals surface area (Å²) in [5.41, 5.74) is 4.84. The normalized spacial score (nSPS) is 14.2. The molecule has 0 radical (unpaired) electrons. The summed E-state index contributed by atoms with van der Waals surface area (Å²) in [4.78, 5) is 25.1. The molecule has 3 heterocycles. The van der Waals surface area contributed by atoms with Crippen LogP contribution in [0.5, 0.6) is 11.5 Å². The number of thiophene rings is 1. The quantitative estimate of drug-likeness (QED) is 0.129. The van der Waals surface area contributed by atoms with Crippen LogP contribution >= 0.6 is 27.3 Å². The van der Waals surface area contributed by atoms with Gasteiger partial charge in [-0.05, 0) is 38.5 Å². The average molecular weight is 577 g/mol. The van der Waals surface area contributed by atoms with Crippen LogP contribution in [0.3, 0.4) is 0 Å². The largest absolute Gasteiger partial charge is 0.497 e. The lowest BCUT2D eigenvalue weighted by molar-refractivity contribution is -0.115. The molecule has 3 aromatic rings. The standard InChI is InChI=1S/C25H28BrN3O4S.C2H6/c1-15-23(27-13-29(14-30)11-16-6-7-17(31-4)8-21(16)32-5)22-18(10-26)19-12-33-25(2,3)9-20(19)28-24(22)34-15;1-2/h6-8,13-14H,9-12H2,1-5H3;1-2H3. The number of rotatable bonds is 8. The summed E-state index contributed by atoms with van der Waals surface area (Å²) < 4.78 is 16.8. The lowest BCUT2D eigenvalue weighted by Gasteiger charge is -2.32. The number of halogens is 1. The van der Waals surface area contributed by atoms with E-state index >= 15 is 0 Å². The van der Waals surface area contributed by atoms with E-state index in [1.807, 2.05) is 32.9 Å². The first-order valence-electron chi connectivity index (χ1n) is 11.9. The van der Waals surface area contributed by atoms with Crippen molar-refractivity contribution < 1.29 is 19.0 Å². The van der Waals surface area contributed by atoms with E-state index < -0.39 is 0 Å². The highest BCUT2D eigenvalue weighted by Crippen LogP contribution is 2.43. The van der Waals surface area contributed by atoms with E-state index in [1.165, 1.54) is 4.90 Å². The van der Waals surface area contributed by atoms with E-state index in [0.717, 1.165) is 56.0 Å². The number of aliphatic imine (C=N–C) groups is 1. The maximum atomic E-state index is 11.9. The van der Waals surface area contributed by atoms with E-state index in [1.54, 1.807) is 38.0 Å². The number of nitrogens with zero attached hydrogens (tertiary/aromatic N) is 3. The Morgan fingerprint density at radius 1 is 1.28 bits per heavy atom. The minimum Gasteiger partial charge on any atom is -0.497 e. The molecule has 0 atom stereocenters. The molecule has 7 nitrogen and oxygen atoms in total. The highest BCUT2D eigenvalue weighted by atomic mass is 79.9. The molecule has 36 heavy (non-hydrogen) atoms. The van der Waals surface area contributed by atoms with Crippen molar-refractivity contribution in [3.8, 4) is 11.5 Å². The van der Waals surface area contributed by atoms with Gasteiger partial charge in [-0.25, -0.2) is 9.98 Å². The minimum atomic E-state index is -0.225. The second kappa shape index (κ2) is 12.2. The fraction of sp³-hybridized carbons (Fsp3) is 0.444. The molecule has 0 aliphatic carbocycles. The van der Waals surface area contributed by atoms with E-state index in [2.05, 4.69) is 29.8 Å². The van der Waals surface area contributed by atoms with Crippen LogP contribution in [0.1, 0.15) is 55.0 Å². The summed E-state index contributed by atoms with van der Waals surface area (Å²) in [7, 11) is 3.20. The number of hydrogen-bond acceptors (Lipinski definition) is 7. The molecule has 0 bridgehead atoms. The van der Waals surface area contributed by atoms with Gasteiger partial charge in [-0.1, -0.05) is 29.8 Å². The maximum Gasteiger partial charge on any atom is 0.215 e. The van der Waals surface area contributed by atoms with Gasteiger partial charge in [0.05, 0.1) is 50.7 Å². The van der Waals surface area contributed by atoms with Crippen molar-refractivity contribution >= 4 is 55.9 Å². The molecular formula is C27H34BrN3O4S. The molecule has 1 aromatic carbocycles. The fourth-order valence-electron chi connectivity index (χ4n) is 4.15. The number of ether oxygens (including phenoxy) is 3. The third-order valence-electron chi connectivity index (χ3n) is 5.94. The van der Waals surface area contributed by atoms with Gasteiger partial charge in [0.2, 0.25) is 6.41 Å².